The first kappa shape index (κ1) is 25.8. The van der Waals surface area contributed by atoms with E-state index < -0.39 is 0 Å². The molecule has 0 atom stereocenters. The fraction of sp³-hybridized carbons (Fsp3) is 0.417. The number of hydrogen-bond acceptors (Lipinski definition) is 4. The Kier molecular flexibility index (Phi) is 10.6. The summed E-state index contributed by atoms with van der Waals surface area (Å²) in [6, 6.07) is 18.2. The largest absolute Gasteiger partial charge is 0.497 e. The van der Waals surface area contributed by atoms with Crippen molar-refractivity contribution in [3.8, 4) is 5.75 Å². The van der Waals surface area contributed by atoms with Crippen molar-refractivity contribution < 1.29 is 9.53 Å². The highest BCUT2D eigenvalue weighted by Crippen LogP contribution is 2.20. The smallest absolute Gasteiger partial charge is 0.224 e. The van der Waals surface area contributed by atoms with Crippen LogP contribution in [0.1, 0.15) is 12.0 Å². The predicted molar refractivity (Wildman–Crippen MR) is 141 cm³/mol. The van der Waals surface area contributed by atoms with Gasteiger partial charge in [0.25, 0.3) is 0 Å². The van der Waals surface area contributed by atoms with Crippen molar-refractivity contribution in [1.29, 1.82) is 0 Å². The van der Waals surface area contributed by atoms with Gasteiger partial charge in [0.15, 0.2) is 5.96 Å². The van der Waals surface area contributed by atoms with E-state index in [1.807, 2.05) is 49.5 Å². The van der Waals surface area contributed by atoms with E-state index in [0.717, 1.165) is 43.5 Å². The molecule has 0 aliphatic carbocycles. The summed E-state index contributed by atoms with van der Waals surface area (Å²) >= 11 is 0. The standard InChI is InChI=1S/C24H33N5O2.HI/c1-25-24(26-14-13-23(30)27(2)19-20-7-5-4-6-8-20)29-17-15-28(16-18-29)21-9-11-22(31-3)12-10-21;/h4-12H,13-19H2,1-3H3,(H,25,26);1H. The number of anilines is 1. The molecule has 174 valence electrons. The van der Waals surface area contributed by atoms with Gasteiger partial charge in [-0.15, -0.1) is 24.0 Å². The Labute approximate surface area is 208 Å². The molecule has 0 spiro atoms. The number of benzene rings is 2. The number of ether oxygens (including phenoxy) is 1. The van der Waals surface area contributed by atoms with E-state index in [1.165, 1.54) is 5.69 Å². The first-order valence-electron chi connectivity index (χ1n) is 10.7. The predicted octanol–water partition coefficient (Wildman–Crippen LogP) is 3.06. The zero-order valence-electron chi connectivity index (χ0n) is 19.2. The molecule has 0 aromatic heterocycles. The lowest BCUT2D eigenvalue weighted by molar-refractivity contribution is -0.130. The van der Waals surface area contributed by atoms with Crippen molar-refractivity contribution in [3.05, 3.63) is 60.2 Å². The van der Waals surface area contributed by atoms with Gasteiger partial charge < -0.3 is 24.8 Å². The monoisotopic (exact) mass is 551 g/mol. The lowest BCUT2D eigenvalue weighted by atomic mass is 10.2. The number of halogens is 1. The van der Waals surface area contributed by atoms with Gasteiger partial charge in [0, 0.05) is 65.5 Å². The van der Waals surface area contributed by atoms with Crippen LogP contribution >= 0.6 is 24.0 Å². The minimum Gasteiger partial charge on any atom is -0.497 e. The summed E-state index contributed by atoms with van der Waals surface area (Å²) in [4.78, 5) is 23.3. The molecule has 2 aromatic rings. The number of carbonyl (C=O) groups is 1. The number of methoxy groups -OCH3 is 1. The van der Waals surface area contributed by atoms with Gasteiger partial charge in [0.05, 0.1) is 7.11 Å². The maximum absolute atomic E-state index is 12.5. The Morgan fingerprint density at radius 2 is 1.72 bits per heavy atom. The second-order valence-corrected chi connectivity index (χ2v) is 7.63. The van der Waals surface area contributed by atoms with E-state index in [-0.39, 0.29) is 29.9 Å². The highest BCUT2D eigenvalue weighted by molar-refractivity contribution is 14.0. The van der Waals surface area contributed by atoms with E-state index in [2.05, 4.69) is 32.2 Å². The van der Waals surface area contributed by atoms with Gasteiger partial charge in [-0.05, 0) is 29.8 Å². The molecule has 0 saturated carbocycles. The fourth-order valence-electron chi connectivity index (χ4n) is 3.72. The topological polar surface area (TPSA) is 60.4 Å². The third-order valence-corrected chi connectivity index (χ3v) is 5.54. The summed E-state index contributed by atoms with van der Waals surface area (Å²) in [5.41, 5.74) is 2.34. The summed E-state index contributed by atoms with van der Waals surface area (Å²) in [5.74, 6) is 1.85. The van der Waals surface area contributed by atoms with Crippen molar-refractivity contribution in [1.82, 2.24) is 15.1 Å². The van der Waals surface area contributed by atoms with Crippen LogP contribution < -0.4 is 15.0 Å². The molecule has 1 amide bonds. The number of nitrogens with one attached hydrogen (secondary N) is 1. The molecule has 0 radical (unpaired) electrons. The van der Waals surface area contributed by atoms with Gasteiger partial charge in [-0.2, -0.15) is 0 Å². The van der Waals surface area contributed by atoms with Crippen LogP contribution in [0.5, 0.6) is 5.75 Å². The summed E-state index contributed by atoms with van der Waals surface area (Å²) in [6.45, 7) is 4.81. The molecule has 1 N–H and O–H groups in total. The van der Waals surface area contributed by atoms with Crippen molar-refractivity contribution in [2.75, 3.05) is 58.8 Å². The Morgan fingerprint density at radius 1 is 1.06 bits per heavy atom. The zero-order valence-corrected chi connectivity index (χ0v) is 21.5. The zero-order chi connectivity index (χ0) is 22.1. The molecule has 32 heavy (non-hydrogen) atoms. The molecule has 1 aliphatic rings. The molecule has 7 nitrogen and oxygen atoms in total. The Hall–Kier alpha value is -2.49. The van der Waals surface area contributed by atoms with Gasteiger partial charge in [0.2, 0.25) is 5.91 Å². The van der Waals surface area contributed by atoms with E-state index in [1.54, 1.807) is 19.1 Å². The fourth-order valence-corrected chi connectivity index (χ4v) is 3.72. The molecule has 1 aliphatic heterocycles. The van der Waals surface area contributed by atoms with Gasteiger partial charge in [-0.1, -0.05) is 30.3 Å². The summed E-state index contributed by atoms with van der Waals surface area (Å²) in [7, 11) is 5.32. The van der Waals surface area contributed by atoms with Crippen LogP contribution in [0.25, 0.3) is 0 Å². The second-order valence-electron chi connectivity index (χ2n) is 7.63. The molecule has 0 unspecified atom stereocenters. The van der Waals surface area contributed by atoms with Crippen LogP contribution in [-0.4, -0.2) is 75.6 Å². The molecule has 2 aromatic carbocycles. The number of hydrogen-bond donors (Lipinski definition) is 1. The minimum absolute atomic E-state index is 0. The van der Waals surface area contributed by atoms with Crippen LogP contribution in [0.2, 0.25) is 0 Å². The Morgan fingerprint density at radius 3 is 2.31 bits per heavy atom. The van der Waals surface area contributed by atoms with E-state index in [0.29, 0.717) is 19.5 Å². The minimum atomic E-state index is 0. The lowest BCUT2D eigenvalue weighted by Gasteiger charge is -2.37. The van der Waals surface area contributed by atoms with Crippen molar-refractivity contribution in [2.24, 2.45) is 4.99 Å². The third kappa shape index (κ3) is 7.29. The normalized spacial score (nSPS) is 13.9. The number of nitrogens with zero attached hydrogens (tertiary/aromatic N) is 4. The Bertz CT molecular complexity index is 852. The van der Waals surface area contributed by atoms with Gasteiger partial charge in [-0.25, -0.2) is 0 Å². The number of piperazine rings is 1. The maximum Gasteiger partial charge on any atom is 0.224 e. The van der Waals surface area contributed by atoms with Crippen LogP contribution in [-0.2, 0) is 11.3 Å². The van der Waals surface area contributed by atoms with Crippen molar-refractivity contribution in [2.45, 2.75) is 13.0 Å². The molecular weight excluding hydrogens is 517 g/mol. The van der Waals surface area contributed by atoms with Crippen molar-refractivity contribution >= 4 is 41.5 Å². The van der Waals surface area contributed by atoms with E-state index in [4.69, 9.17) is 4.74 Å². The third-order valence-electron chi connectivity index (χ3n) is 5.54. The molecule has 8 heteroatoms. The summed E-state index contributed by atoms with van der Waals surface area (Å²) < 4.78 is 5.24. The number of amides is 1. The molecule has 1 fully saturated rings. The van der Waals surface area contributed by atoms with E-state index >= 15 is 0 Å². The number of aliphatic imine (C=N–C) groups is 1. The van der Waals surface area contributed by atoms with Gasteiger partial charge in [0.1, 0.15) is 5.75 Å². The molecule has 3 rings (SSSR count). The van der Waals surface area contributed by atoms with Gasteiger partial charge in [-0.3, -0.25) is 9.79 Å². The van der Waals surface area contributed by atoms with Crippen LogP contribution in [0.4, 0.5) is 5.69 Å². The quantitative estimate of drug-likeness (QED) is 0.326. The summed E-state index contributed by atoms with van der Waals surface area (Å²) in [6.07, 6.45) is 0.439. The first-order chi connectivity index (χ1) is 15.1. The molecule has 0 bridgehead atoms. The molecule has 1 saturated heterocycles. The molecule has 1 heterocycles. The summed E-state index contributed by atoms with van der Waals surface area (Å²) in [5, 5.41) is 3.35. The number of carbonyl (C=O) groups excluding carboxylic acids is 1. The van der Waals surface area contributed by atoms with Crippen LogP contribution in [0.15, 0.2) is 59.6 Å². The second kappa shape index (κ2) is 13.1. The SMILES string of the molecule is CN=C(NCCC(=O)N(C)Cc1ccccc1)N1CCN(c2ccc(OC)cc2)CC1.I. The highest BCUT2D eigenvalue weighted by Gasteiger charge is 2.20. The van der Waals surface area contributed by atoms with E-state index in [9.17, 15) is 4.79 Å². The Balaban J connectivity index is 0.00000363. The number of rotatable bonds is 7. The van der Waals surface area contributed by atoms with Crippen LogP contribution in [0, 0.1) is 0 Å². The lowest BCUT2D eigenvalue weighted by Crippen LogP contribution is -2.52. The average molecular weight is 551 g/mol. The average Bonchev–Trinajstić information content (AvgIpc) is 2.82. The number of guanidine groups is 1. The molecular formula is C24H34IN5O2. The van der Waals surface area contributed by atoms with Crippen LogP contribution in [0.3, 0.4) is 0 Å². The highest BCUT2D eigenvalue weighted by atomic mass is 127. The van der Waals surface area contributed by atoms with Gasteiger partial charge >= 0.3 is 0 Å². The van der Waals surface area contributed by atoms with Crippen molar-refractivity contribution in [3.63, 3.8) is 0 Å². The maximum atomic E-state index is 12.5. The first-order valence-corrected chi connectivity index (χ1v) is 10.7.